The molecule has 2 N–H and O–H groups in total. The average molecular weight is 425 g/mol. The lowest BCUT2D eigenvalue weighted by atomic mass is 9.95. The van der Waals surface area contributed by atoms with Gasteiger partial charge in [0.1, 0.15) is 12.6 Å². The normalized spacial score (nSPS) is 18.7. The number of rotatable bonds is 10. The SMILES string of the molecule is COC([C@@H]1CCCN1)[C@@H](C)C(=O)N[C@@H](Cc1ccccc1)C(=O)OCc1ccccc1. The molecule has 0 spiro atoms. The van der Waals surface area contributed by atoms with Gasteiger partial charge in [0.15, 0.2) is 0 Å². The Balaban J connectivity index is 1.67. The highest BCUT2D eigenvalue weighted by Gasteiger charge is 2.34. The number of ether oxygens (including phenoxy) is 2. The predicted octanol–water partition coefficient (Wildman–Crippen LogP) is 2.86. The topological polar surface area (TPSA) is 76.7 Å². The Morgan fingerprint density at radius 3 is 2.29 bits per heavy atom. The van der Waals surface area contributed by atoms with Crippen LogP contribution in [0.4, 0.5) is 0 Å². The molecule has 0 radical (unpaired) electrons. The fourth-order valence-electron chi connectivity index (χ4n) is 4.03. The Bertz CT molecular complexity index is 822. The molecule has 1 saturated heterocycles. The third-order valence-corrected chi connectivity index (χ3v) is 5.78. The predicted molar refractivity (Wildman–Crippen MR) is 119 cm³/mol. The number of benzene rings is 2. The summed E-state index contributed by atoms with van der Waals surface area (Å²) in [5.41, 5.74) is 1.86. The van der Waals surface area contributed by atoms with Crippen LogP contribution in [-0.2, 0) is 32.1 Å². The summed E-state index contributed by atoms with van der Waals surface area (Å²) in [6, 6.07) is 18.5. The number of nitrogens with one attached hydrogen (secondary N) is 2. The van der Waals surface area contributed by atoms with Crippen molar-refractivity contribution < 1.29 is 19.1 Å². The molecule has 6 nitrogen and oxygen atoms in total. The molecule has 166 valence electrons. The van der Waals surface area contributed by atoms with Gasteiger partial charge in [0.2, 0.25) is 5.91 Å². The maximum atomic E-state index is 13.1. The molecule has 31 heavy (non-hydrogen) atoms. The van der Waals surface area contributed by atoms with Crippen molar-refractivity contribution in [3.8, 4) is 0 Å². The van der Waals surface area contributed by atoms with Gasteiger partial charge in [-0.1, -0.05) is 67.6 Å². The molecule has 1 fully saturated rings. The summed E-state index contributed by atoms with van der Waals surface area (Å²) in [5.74, 6) is -1.06. The van der Waals surface area contributed by atoms with Crippen LogP contribution in [0, 0.1) is 5.92 Å². The number of methoxy groups -OCH3 is 1. The van der Waals surface area contributed by atoms with Crippen LogP contribution in [0.15, 0.2) is 60.7 Å². The van der Waals surface area contributed by atoms with Gasteiger partial charge in [-0.25, -0.2) is 4.79 Å². The fourth-order valence-corrected chi connectivity index (χ4v) is 4.03. The van der Waals surface area contributed by atoms with Gasteiger partial charge in [0.25, 0.3) is 0 Å². The molecule has 0 aromatic heterocycles. The second-order valence-electron chi connectivity index (χ2n) is 8.04. The Hall–Kier alpha value is -2.70. The van der Waals surface area contributed by atoms with Gasteiger partial charge < -0.3 is 20.1 Å². The number of esters is 1. The second-order valence-corrected chi connectivity index (χ2v) is 8.04. The van der Waals surface area contributed by atoms with Crippen LogP contribution in [0.5, 0.6) is 0 Å². The highest BCUT2D eigenvalue weighted by molar-refractivity contribution is 5.86. The molecular formula is C25H32N2O4. The summed E-state index contributed by atoms with van der Waals surface area (Å²) in [4.78, 5) is 25.9. The van der Waals surface area contributed by atoms with E-state index < -0.39 is 17.9 Å². The van der Waals surface area contributed by atoms with Crippen molar-refractivity contribution in [1.29, 1.82) is 0 Å². The van der Waals surface area contributed by atoms with Crippen molar-refractivity contribution in [2.24, 2.45) is 5.92 Å². The molecule has 0 aliphatic carbocycles. The van der Waals surface area contributed by atoms with Crippen LogP contribution in [-0.4, -0.2) is 43.7 Å². The summed E-state index contributed by atoms with van der Waals surface area (Å²) in [6.45, 7) is 2.95. The van der Waals surface area contributed by atoms with E-state index in [0.29, 0.717) is 6.42 Å². The maximum Gasteiger partial charge on any atom is 0.329 e. The number of amides is 1. The van der Waals surface area contributed by atoms with Crippen LogP contribution in [0.25, 0.3) is 0 Å². The van der Waals surface area contributed by atoms with Crippen LogP contribution in [0.2, 0.25) is 0 Å². The first-order chi connectivity index (χ1) is 15.1. The standard InChI is InChI=1S/C25H32N2O4/c1-18(23(30-2)21-14-9-15-26-21)24(28)27-22(16-19-10-5-3-6-11-19)25(29)31-17-20-12-7-4-8-13-20/h3-8,10-13,18,21-23,26H,9,14-17H2,1-2H3,(H,27,28)/t18-,21+,22+,23?/m1/s1. The van der Waals surface area contributed by atoms with Crippen LogP contribution in [0.1, 0.15) is 30.9 Å². The zero-order valence-electron chi connectivity index (χ0n) is 18.3. The number of carbonyl (C=O) groups is 2. The van der Waals surface area contributed by atoms with Gasteiger partial charge in [-0.3, -0.25) is 4.79 Å². The largest absolute Gasteiger partial charge is 0.459 e. The third kappa shape index (κ3) is 6.64. The van der Waals surface area contributed by atoms with E-state index in [1.54, 1.807) is 7.11 Å². The molecule has 3 rings (SSSR count). The Kier molecular flexibility index (Phi) is 8.62. The molecule has 0 bridgehead atoms. The van der Waals surface area contributed by atoms with Crippen molar-refractivity contribution in [3.05, 3.63) is 71.8 Å². The molecule has 2 aromatic carbocycles. The summed E-state index contributed by atoms with van der Waals surface area (Å²) >= 11 is 0. The van der Waals surface area contributed by atoms with Gasteiger partial charge in [-0.05, 0) is 30.5 Å². The minimum atomic E-state index is -0.768. The highest BCUT2D eigenvalue weighted by atomic mass is 16.5. The van der Waals surface area contributed by atoms with E-state index in [9.17, 15) is 9.59 Å². The molecule has 6 heteroatoms. The summed E-state index contributed by atoms with van der Waals surface area (Å²) < 4.78 is 11.2. The molecular weight excluding hydrogens is 392 g/mol. The molecule has 1 unspecified atom stereocenters. The van der Waals surface area contributed by atoms with E-state index in [4.69, 9.17) is 9.47 Å². The highest BCUT2D eigenvalue weighted by Crippen LogP contribution is 2.19. The van der Waals surface area contributed by atoms with E-state index in [2.05, 4.69) is 10.6 Å². The first-order valence-corrected chi connectivity index (χ1v) is 10.9. The lowest BCUT2D eigenvalue weighted by Gasteiger charge is -2.29. The Labute approximate surface area is 184 Å². The molecule has 0 saturated carbocycles. The summed E-state index contributed by atoms with van der Waals surface area (Å²) in [6.07, 6.45) is 2.16. The lowest BCUT2D eigenvalue weighted by molar-refractivity contribution is -0.150. The molecule has 1 amide bonds. The number of hydrogen-bond donors (Lipinski definition) is 2. The lowest BCUT2D eigenvalue weighted by Crippen LogP contribution is -2.51. The minimum absolute atomic E-state index is 0.142. The number of carbonyl (C=O) groups excluding carboxylic acids is 2. The van der Waals surface area contributed by atoms with Crippen LogP contribution < -0.4 is 10.6 Å². The summed E-state index contributed by atoms with van der Waals surface area (Å²) in [5, 5.41) is 6.32. The van der Waals surface area contributed by atoms with Gasteiger partial charge in [0, 0.05) is 19.6 Å². The Morgan fingerprint density at radius 2 is 1.71 bits per heavy atom. The van der Waals surface area contributed by atoms with Crippen molar-refractivity contribution in [1.82, 2.24) is 10.6 Å². The van der Waals surface area contributed by atoms with Gasteiger partial charge in [-0.2, -0.15) is 0 Å². The molecule has 1 aliphatic heterocycles. The third-order valence-electron chi connectivity index (χ3n) is 5.78. The van der Waals surface area contributed by atoms with Crippen molar-refractivity contribution in [2.75, 3.05) is 13.7 Å². The monoisotopic (exact) mass is 424 g/mol. The molecule has 1 aliphatic rings. The maximum absolute atomic E-state index is 13.1. The summed E-state index contributed by atoms with van der Waals surface area (Å²) in [7, 11) is 1.63. The average Bonchev–Trinajstić information content (AvgIpc) is 3.33. The quantitative estimate of drug-likeness (QED) is 0.574. The van der Waals surface area contributed by atoms with Gasteiger partial charge >= 0.3 is 5.97 Å². The minimum Gasteiger partial charge on any atom is -0.459 e. The first kappa shape index (κ1) is 23.0. The van der Waals surface area contributed by atoms with Crippen LogP contribution >= 0.6 is 0 Å². The van der Waals surface area contributed by atoms with E-state index in [-0.39, 0.29) is 24.7 Å². The van der Waals surface area contributed by atoms with E-state index in [1.807, 2.05) is 67.6 Å². The van der Waals surface area contributed by atoms with Crippen molar-refractivity contribution in [3.63, 3.8) is 0 Å². The zero-order valence-corrected chi connectivity index (χ0v) is 18.3. The molecule has 1 heterocycles. The van der Waals surface area contributed by atoms with Crippen molar-refractivity contribution in [2.45, 2.75) is 51.0 Å². The number of hydrogen-bond acceptors (Lipinski definition) is 5. The smallest absolute Gasteiger partial charge is 0.329 e. The van der Waals surface area contributed by atoms with Gasteiger partial charge in [-0.15, -0.1) is 0 Å². The van der Waals surface area contributed by atoms with E-state index in [0.717, 1.165) is 30.5 Å². The Morgan fingerprint density at radius 1 is 1.06 bits per heavy atom. The zero-order chi connectivity index (χ0) is 22.1. The molecule has 2 aromatic rings. The first-order valence-electron chi connectivity index (χ1n) is 10.9. The molecule has 4 atom stereocenters. The van der Waals surface area contributed by atoms with Gasteiger partial charge in [0.05, 0.1) is 12.0 Å². The van der Waals surface area contributed by atoms with Crippen molar-refractivity contribution >= 4 is 11.9 Å². The fraction of sp³-hybridized carbons (Fsp3) is 0.440. The van der Waals surface area contributed by atoms with E-state index in [1.165, 1.54) is 0 Å². The second kappa shape index (κ2) is 11.6. The van der Waals surface area contributed by atoms with Crippen LogP contribution in [0.3, 0.4) is 0 Å². The van der Waals surface area contributed by atoms with E-state index >= 15 is 0 Å².